The third-order valence-electron chi connectivity index (χ3n) is 5.87. The molecule has 150 valence electrons. The molecule has 1 aliphatic carbocycles. The molecule has 2 heterocycles. The number of rotatable bonds is 6. The molecule has 1 atom stereocenters. The summed E-state index contributed by atoms with van der Waals surface area (Å²) in [6.45, 7) is 2.98. The van der Waals surface area contributed by atoms with Crippen LogP contribution in [0.2, 0.25) is 0 Å². The van der Waals surface area contributed by atoms with Crippen LogP contribution in [0.1, 0.15) is 59.8 Å². The van der Waals surface area contributed by atoms with Crippen LogP contribution in [-0.2, 0) is 6.54 Å². The highest BCUT2D eigenvalue weighted by atomic mass is 16.5. The number of hydrogen-bond acceptors (Lipinski definition) is 4. The summed E-state index contributed by atoms with van der Waals surface area (Å²) in [5.41, 5.74) is 2.87. The SMILES string of the molecule is CN(C)C(=O)c1cc([C@H]2CCN(Cc3ccc(OC4CCCC4)cc3)C2)[nH]n1. The fraction of sp³-hybridized carbons (Fsp3) is 0.545. The largest absolute Gasteiger partial charge is 0.490 e. The molecule has 1 aromatic heterocycles. The van der Waals surface area contributed by atoms with Gasteiger partial charge in [-0.2, -0.15) is 5.10 Å². The van der Waals surface area contributed by atoms with Gasteiger partial charge in [-0.1, -0.05) is 12.1 Å². The van der Waals surface area contributed by atoms with Crippen LogP contribution < -0.4 is 4.74 Å². The molecule has 1 aromatic carbocycles. The zero-order chi connectivity index (χ0) is 19.5. The molecule has 1 saturated heterocycles. The Morgan fingerprint density at radius 1 is 1.21 bits per heavy atom. The van der Waals surface area contributed by atoms with E-state index >= 15 is 0 Å². The average molecular weight is 383 g/mol. The minimum atomic E-state index is -0.0581. The molecule has 6 nitrogen and oxygen atoms in total. The fourth-order valence-electron chi connectivity index (χ4n) is 4.24. The van der Waals surface area contributed by atoms with E-state index in [1.807, 2.05) is 6.07 Å². The van der Waals surface area contributed by atoms with Gasteiger partial charge >= 0.3 is 0 Å². The quantitative estimate of drug-likeness (QED) is 0.832. The number of H-pyrrole nitrogens is 1. The zero-order valence-electron chi connectivity index (χ0n) is 16.9. The van der Waals surface area contributed by atoms with Gasteiger partial charge in [-0.25, -0.2) is 0 Å². The van der Waals surface area contributed by atoms with E-state index in [-0.39, 0.29) is 5.91 Å². The summed E-state index contributed by atoms with van der Waals surface area (Å²) in [5, 5.41) is 7.26. The van der Waals surface area contributed by atoms with Crippen molar-refractivity contribution in [1.29, 1.82) is 0 Å². The van der Waals surface area contributed by atoms with E-state index in [0.717, 1.165) is 37.5 Å². The van der Waals surface area contributed by atoms with Crippen LogP contribution in [0, 0.1) is 0 Å². The number of likely N-dealkylation sites (tertiary alicyclic amines) is 1. The summed E-state index contributed by atoms with van der Waals surface area (Å²) >= 11 is 0. The average Bonchev–Trinajstić information content (AvgIpc) is 3.44. The molecule has 1 aliphatic heterocycles. The molecule has 2 aliphatic rings. The Kier molecular flexibility index (Phi) is 5.67. The van der Waals surface area contributed by atoms with Crippen LogP contribution in [0.15, 0.2) is 30.3 Å². The molecular weight excluding hydrogens is 352 g/mol. The van der Waals surface area contributed by atoms with Crippen LogP contribution >= 0.6 is 0 Å². The minimum absolute atomic E-state index is 0.0581. The molecule has 0 spiro atoms. The number of benzene rings is 1. The molecule has 2 aromatic rings. The van der Waals surface area contributed by atoms with Crippen LogP contribution in [0.25, 0.3) is 0 Å². The summed E-state index contributed by atoms with van der Waals surface area (Å²) in [6.07, 6.45) is 6.45. The second-order valence-corrected chi connectivity index (χ2v) is 8.30. The van der Waals surface area contributed by atoms with Crippen molar-refractivity contribution in [2.45, 2.75) is 50.7 Å². The zero-order valence-corrected chi connectivity index (χ0v) is 16.9. The first-order valence-corrected chi connectivity index (χ1v) is 10.3. The molecule has 0 bridgehead atoms. The summed E-state index contributed by atoms with van der Waals surface area (Å²) < 4.78 is 6.06. The fourth-order valence-corrected chi connectivity index (χ4v) is 4.24. The van der Waals surface area contributed by atoms with Crippen LogP contribution in [0.4, 0.5) is 0 Å². The Labute approximate surface area is 166 Å². The van der Waals surface area contributed by atoms with Crippen molar-refractivity contribution >= 4 is 5.91 Å². The monoisotopic (exact) mass is 382 g/mol. The van der Waals surface area contributed by atoms with Crippen molar-refractivity contribution < 1.29 is 9.53 Å². The maximum Gasteiger partial charge on any atom is 0.273 e. The highest BCUT2D eigenvalue weighted by Gasteiger charge is 2.26. The Morgan fingerprint density at radius 2 is 1.96 bits per heavy atom. The summed E-state index contributed by atoms with van der Waals surface area (Å²) in [6, 6.07) is 10.5. The van der Waals surface area contributed by atoms with Gasteiger partial charge in [-0.15, -0.1) is 0 Å². The summed E-state index contributed by atoms with van der Waals surface area (Å²) in [7, 11) is 3.50. The Hall–Kier alpha value is -2.34. The standard InChI is InChI=1S/C22H30N4O2/c1-25(2)22(27)21-13-20(23-24-21)17-11-12-26(15-17)14-16-7-9-19(10-8-16)28-18-5-3-4-6-18/h7-10,13,17-18H,3-6,11-12,14-15H2,1-2H3,(H,23,24)/t17-/m0/s1. The summed E-state index contributed by atoms with van der Waals surface area (Å²) in [5.74, 6) is 1.34. The van der Waals surface area contributed by atoms with Gasteiger partial charge in [-0.05, 0) is 62.4 Å². The topological polar surface area (TPSA) is 61.5 Å². The smallest absolute Gasteiger partial charge is 0.273 e. The molecule has 0 unspecified atom stereocenters. The third kappa shape index (κ3) is 4.38. The molecule has 6 heteroatoms. The van der Waals surface area contributed by atoms with E-state index in [1.54, 1.807) is 19.0 Å². The highest BCUT2D eigenvalue weighted by molar-refractivity contribution is 5.92. The maximum absolute atomic E-state index is 12.0. The van der Waals surface area contributed by atoms with Crippen LogP contribution in [-0.4, -0.2) is 59.2 Å². The van der Waals surface area contributed by atoms with Gasteiger partial charge in [0.25, 0.3) is 5.91 Å². The summed E-state index contributed by atoms with van der Waals surface area (Å²) in [4.78, 5) is 16.1. The first kappa shape index (κ1) is 19.0. The predicted octanol–water partition coefficient (Wildman–Crippen LogP) is 3.42. The lowest BCUT2D eigenvalue weighted by Crippen LogP contribution is -2.22. The molecule has 1 N–H and O–H groups in total. The van der Waals surface area contributed by atoms with E-state index in [2.05, 4.69) is 39.4 Å². The second kappa shape index (κ2) is 8.35. The van der Waals surface area contributed by atoms with Gasteiger partial charge in [0.1, 0.15) is 11.4 Å². The van der Waals surface area contributed by atoms with Crippen LogP contribution in [0.3, 0.4) is 0 Å². The number of aromatic nitrogens is 2. The predicted molar refractivity (Wildman–Crippen MR) is 109 cm³/mol. The number of nitrogens with zero attached hydrogens (tertiary/aromatic N) is 3. The van der Waals surface area contributed by atoms with Crippen molar-refractivity contribution in [2.75, 3.05) is 27.2 Å². The van der Waals surface area contributed by atoms with E-state index < -0.39 is 0 Å². The Balaban J connectivity index is 1.30. The van der Waals surface area contributed by atoms with Crippen molar-refractivity contribution in [3.8, 4) is 5.75 Å². The lowest BCUT2D eigenvalue weighted by molar-refractivity contribution is 0.0822. The van der Waals surface area contributed by atoms with Gasteiger partial charge in [-0.3, -0.25) is 14.8 Å². The third-order valence-corrected chi connectivity index (χ3v) is 5.87. The van der Waals surface area contributed by atoms with E-state index in [4.69, 9.17) is 4.74 Å². The molecule has 4 rings (SSSR count). The van der Waals surface area contributed by atoms with Gasteiger partial charge < -0.3 is 9.64 Å². The first-order valence-electron chi connectivity index (χ1n) is 10.3. The number of nitrogens with one attached hydrogen (secondary N) is 1. The molecule has 1 saturated carbocycles. The number of amides is 1. The minimum Gasteiger partial charge on any atom is -0.490 e. The Bertz CT molecular complexity index is 793. The van der Waals surface area contributed by atoms with Gasteiger partial charge in [0, 0.05) is 38.8 Å². The number of carbonyl (C=O) groups is 1. The number of carbonyl (C=O) groups excluding carboxylic acids is 1. The van der Waals surface area contributed by atoms with Gasteiger partial charge in [0.15, 0.2) is 0 Å². The number of ether oxygens (including phenoxy) is 1. The van der Waals surface area contributed by atoms with E-state index in [1.165, 1.54) is 31.2 Å². The second-order valence-electron chi connectivity index (χ2n) is 8.30. The van der Waals surface area contributed by atoms with Crippen molar-refractivity contribution in [1.82, 2.24) is 20.0 Å². The first-order chi connectivity index (χ1) is 13.6. The maximum atomic E-state index is 12.0. The molecule has 1 amide bonds. The molecule has 28 heavy (non-hydrogen) atoms. The molecule has 2 fully saturated rings. The molecular formula is C22H30N4O2. The van der Waals surface area contributed by atoms with E-state index in [9.17, 15) is 4.79 Å². The molecule has 0 radical (unpaired) electrons. The lowest BCUT2D eigenvalue weighted by Gasteiger charge is -2.17. The van der Waals surface area contributed by atoms with Gasteiger partial charge in [0.2, 0.25) is 0 Å². The Morgan fingerprint density at radius 3 is 2.68 bits per heavy atom. The van der Waals surface area contributed by atoms with Crippen LogP contribution in [0.5, 0.6) is 5.75 Å². The highest BCUT2D eigenvalue weighted by Crippen LogP contribution is 2.28. The van der Waals surface area contributed by atoms with Gasteiger partial charge in [0.05, 0.1) is 6.10 Å². The van der Waals surface area contributed by atoms with E-state index in [0.29, 0.717) is 17.7 Å². The van der Waals surface area contributed by atoms with Crippen molar-refractivity contribution in [2.24, 2.45) is 0 Å². The van der Waals surface area contributed by atoms with Crippen molar-refractivity contribution in [3.05, 3.63) is 47.3 Å². The number of aromatic amines is 1. The lowest BCUT2D eigenvalue weighted by atomic mass is 10.0. The van der Waals surface area contributed by atoms with Crippen molar-refractivity contribution in [3.63, 3.8) is 0 Å². The number of hydrogen-bond donors (Lipinski definition) is 1. The normalized spacial score (nSPS) is 20.6.